The average Bonchev–Trinajstić information content (AvgIpc) is 3.57. The molecule has 0 amide bonds. The van der Waals surface area contributed by atoms with Gasteiger partial charge in [0.15, 0.2) is 11.5 Å². The summed E-state index contributed by atoms with van der Waals surface area (Å²) in [6.07, 6.45) is 9.20. The first-order valence-electron chi connectivity index (χ1n) is 12.0. The van der Waals surface area contributed by atoms with E-state index in [4.69, 9.17) is 9.72 Å². The maximum atomic E-state index is 9.45. The molecule has 10 nitrogen and oxygen atoms in total. The lowest BCUT2D eigenvalue weighted by Crippen LogP contribution is -2.05. The molecule has 0 unspecified atom stereocenters. The number of nitrogens with zero attached hydrogens (tertiary/aromatic N) is 8. The highest BCUT2D eigenvalue weighted by molar-refractivity contribution is 5.77. The van der Waals surface area contributed by atoms with Gasteiger partial charge in [0.25, 0.3) is 0 Å². The van der Waals surface area contributed by atoms with Gasteiger partial charge in [-0.15, -0.1) is 0 Å². The summed E-state index contributed by atoms with van der Waals surface area (Å²) in [6, 6.07) is 8.23. The molecule has 1 aliphatic rings. The fourth-order valence-electron chi connectivity index (χ4n) is 4.47. The van der Waals surface area contributed by atoms with Crippen molar-refractivity contribution in [2.75, 3.05) is 7.11 Å². The number of fused-ring (bicyclic) bond motifs is 1. The number of hydrogen-bond donors (Lipinski definition) is 1. The number of aliphatic hydroxyl groups is 1. The Morgan fingerprint density at radius 3 is 2.61 bits per heavy atom. The minimum absolute atomic E-state index is 0.0720. The van der Waals surface area contributed by atoms with E-state index in [1.165, 1.54) is 0 Å². The zero-order chi connectivity index (χ0) is 24.6. The monoisotopic (exact) mass is 482 g/mol. The predicted octanol–water partition coefficient (Wildman–Crippen LogP) is 3.59. The largest absolute Gasteiger partial charge is 0.480 e. The van der Waals surface area contributed by atoms with Crippen LogP contribution >= 0.6 is 0 Å². The minimum Gasteiger partial charge on any atom is -0.480 e. The molecule has 1 fully saturated rings. The molecule has 36 heavy (non-hydrogen) atoms. The lowest BCUT2D eigenvalue weighted by Gasteiger charge is -2.11. The van der Waals surface area contributed by atoms with E-state index < -0.39 is 0 Å². The third-order valence-corrected chi connectivity index (χ3v) is 6.47. The van der Waals surface area contributed by atoms with Crippen molar-refractivity contribution in [2.45, 2.75) is 45.4 Å². The molecule has 1 aromatic carbocycles. The average molecular weight is 483 g/mol. The van der Waals surface area contributed by atoms with Crippen LogP contribution < -0.4 is 4.74 Å². The van der Waals surface area contributed by atoms with Crippen molar-refractivity contribution < 1.29 is 9.84 Å². The summed E-state index contributed by atoms with van der Waals surface area (Å²) < 4.78 is 9.45. The summed E-state index contributed by atoms with van der Waals surface area (Å²) in [5.74, 6) is 2.28. The first-order valence-corrected chi connectivity index (χ1v) is 12.0. The molecular weight excluding hydrogens is 456 g/mol. The molecule has 182 valence electrons. The van der Waals surface area contributed by atoms with Crippen LogP contribution in [0.3, 0.4) is 0 Å². The van der Waals surface area contributed by atoms with Gasteiger partial charge in [-0.2, -0.15) is 5.10 Å². The highest BCUT2D eigenvalue weighted by atomic mass is 16.5. The van der Waals surface area contributed by atoms with Crippen molar-refractivity contribution in [1.29, 1.82) is 0 Å². The molecule has 5 aromatic rings. The second-order valence-corrected chi connectivity index (χ2v) is 8.89. The molecule has 0 saturated heterocycles. The Kier molecular flexibility index (Phi) is 5.65. The summed E-state index contributed by atoms with van der Waals surface area (Å²) in [7, 11) is 1.60. The molecule has 0 radical (unpaired) electrons. The van der Waals surface area contributed by atoms with E-state index in [2.05, 4.69) is 44.1 Å². The van der Waals surface area contributed by atoms with Gasteiger partial charge in [-0.25, -0.2) is 29.6 Å². The lowest BCUT2D eigenvalue weighted by molar-refractivity contribution is 0.277. The Balaban J connectivity index is 1.32. The van der Waals surface area contributed by atoms with Crippen molar-refractivity contribution >= 4 is 11.0 Å². The Labute approximate surface area is 207 Å². The van der Waals surface area contributed by atoms with Gasteiger partial charge in [0, 0.05) is 30.4 Å². The van der Waals surface area contributed by atoms with Crippen LogP contribution in [0.4, 0.5) is 0 Å². The molecule has 1 saturated carbocycles. The van der Waals surface area contributed by atoms with E-state index >= 15 is 0 Å². The van der Waals surface area contributed by atoms with Gasteiger partial charge >= 0.3 is 0 Å². The summed E-state index contributed by atoms with van der Waals surface area (Å²) in [5.41, 5.74) is 5.19. The van der Waals surface area contributed by atoms with Crippen molar-refractivity contribution in [3.63, 3.8) is 0 Å². The third kappa shape index (κ3) is 3.99. The fourth-order valence-corrected chi connectivity index (χ4v) is 4.47. The number of aromatic nitrogens is 8. The minimum atomic E-state index is -0.0720. The van der Waals surface area contributed by atoms with Gasteiger partial charge in [0.1, 0.15) is 17.7 Å². The van der Waals surface area contributed by atoms with Crippen LogP contribution in [0.25, 0.3) is 33.8 Å². The van der Waals surface area contributed by atoms with Crippen LogP contribution in [-0.4, -0.2) is 51.5 Å². The smallest absolute Gasteiger partial charge is 0.227 e. The number of benzene rings is 1. The molecule has 0 bridgehead atoms. The maximum absolute atomic E-state index is 9.45. The zero-order valence-corrected chi connectivity index (χ0v) is 20.2. The van der Waals surface area contributed by atoms with Gasteiger partial charge in [0.2, 0.25) is 5.88 Å². The Hall–Kier alpha value is -4.18. The molecular formula is C26H26N8O2. The number of aryl methyl sites for hydroxylation is 1. The molecule has 0 aliphatic heterocycles. The van der Waals surface area contributed by atoms with E-state index in [9.17, 15) is 5.11 Å². The Morgan fingerprint density at radius 1 is 1.06 bits per heavy atom. The van der Waals surface area contributed by atoms with Gasteiger partial charge in [-0.3, -0.25) is 0 Å². The molecule has 1 N–H and O–H groups in total. The number of aliphatic hydroxyl groups excluding tert-OH is 1. The Morgan fingerprint density at radius 2 is 1.89 bits per heavy atom. The van der Waals surface area contributed by atoms with Gasteiger partial charge < -0.3 is 14.4 Å². The second-order valence-electron chi connectivity index (χ2n) is 8.89. The fraction of sp³-hybridized carbons (Fsp3) is 0.308. The molecule has 6 rings (SSSR count). The van der Waals surface area contributed by atoms with Crippen molar-refractivity contribution in [3.05, 3.63) is 66.1 Å². The summed E-state index contributed by atoms with van der Waals surface area (Å²) in [5, 5.41) is 14.9. The number of rotatable bonds is 8. The molecule has 0 atom stereocenters. The number of ether oxygens (including phenoxy) is 1. The summed E-state index contributed by atoms with van der Waals surface area (Å²) >= 11 is 0. The number of methoxy groups -OCH3 is 1. The van der Waals surface area contributed by atoms with Crippen LogP contribution in [0.5, 0.6) is 5.88 Å². The summed E-state index contributed by atoms with van der Waals surface area (Å²) in [6.45, 7) is 3.33. The SMILES string of the molecule is CCn1cc(CO)nc1-c1ccc(Cn2ncc3cnc(-c4c(OC)ncnc4C4CC4)nc32)cc1. The summed E-state index contributed by atoms with van der Waals surface area (Å²) in [4.78, 5) is 22.8. The van der Waals surface area contributed by atoms with E-state index in [-0.39, 0.29) is 6.61 Å². The third-order valence-electron chi connectivity index (χ3n) is 6.47. The highest BCUT2D eigenvalue weighted by Gasteiger charge is 2.31. The molecule has 0 spiro atoms. The van der Waals surface area contributed by atoms with Crippen molar-refractivity contribution in [2.24, 2.45) is 0 Å². The van der Waals surface area contributed by atoms with Crippen LogP contribution in [0.2, 0.25) is 0 Å². The topological polar surface area (TPSA) is 117 Å². The van der Waals surface area contributed by atoms with E-state index in [1.54, 1.807) is 25.8 Å². The zero-order valence-electron chi connectivity index (χ0n) is 20.2. The van der Waals surface area contributed by atoms with Crippen molar-refractivity contribution in [3.8, 4) is 28.7 Å². The van der Waals surface area contributed by atoms with Crippen LogP contribution in [-0.2, 0) is 19.7 Å². The van der Waals surface area contributed by atoms with E-state index in [1.807, 2.05) is 27.6 Å². The number of hydrogen-bond acceptors (Lipinski definition) is 8. The standard InChI is InChI=1S/C26H26N8O2/c1-3-33-13-20(14-35)31-24(33)18-6-4-16(5-7-18)12-34-25-19(11-30-34)10-27-23(32-25)21-22(17-8-9-17)28-15-29-26(21)36-2/h4-7,10-11,13,15,17,35H,3,8-9,12,14H2,1-2H3. The van der Waals surface area contributed by atoms with Crippen LogP contribution in [0.15, 0.2) is 49.2 Å². The molecule has 10 heteroatoms. The lowest BCUT2D eigenvalue weighted by atomic mass is 10.1. The predicted molar refractivity (Wildman–Crippen MR) is 133 cm³/mol. The first kappa shape index (κ1) is 22.3. The quantitative estimate of drug-likeness (QED) is 0.357. The normalized spacial score (nSPS) is 13.4. The van der Waals surface area contributed by atoms with E-state index in [0.29, 0.717) is 29.9 Å². The van der Waals surface area contributed by atoms with Crippen LogP contribution in [0, 0.1) is 0 Å². The molecule has 4 heterocycles. The highest BCUT2D eigenvalue weighted by Crippen LogP contribution is 2.44. The molecule has 1 aliphatic carbocycles. The maximum Gasteiger partial charge on any atom is 0.227 e. The second kappa shape index (κ2) is 9.12. The number of imidazole rings is 1. The van der Waals surface area contributed by atoms with Crippen LogP contribution in [0.1, 0.15) is 42.6 Å². The van der Waals surface area contributed by atoms with Crippen molar-refractivity contribution in [1.82, 2.24) is 39.3 Å². The van der Waals surface area contributed by atoms with Gasteiger partial charge in [0.05, 0.1) is 43.2 Å². The first-order chi connectivity index (χ1) is 17.7. The van der Waals surface area contributed by atoms with Gasteiger partial charge in [-0.05, 0) is 25.3 Å². The Bertz CT molecular complexity index is 1540. The molecule has 4 aromatic heterocycles. The van der Waals surface area contributed by atoms with E-state index in [0.717, 1.165) is 58.6 Å². The van der Waals surface area contributed by atoms with Gasteiger partial charge in [-0.1, -0.05) is 24.3 Å².